The van der Waals surface area contributed by atoms with Crippen LogP contribution in [-0.4, -0.2) is 87.6 Å². The molecule has 154 valence electrons. The largest absolute Gasteiger partial charge is 0.357 e. The van der Waals surface area contributed by atoms with E-state index >= 15 is 0 Å². The van der Waals surface area contributed by atoms with Crippen molar-refractivity contribution in [1.82, 2.24) is 19.8 Å². The number of hydrogen-bond donors (Lipinski definition) is 2. The number of nitrogens with zero attached hydrogens (tertiary/aromatic N) is 3. The van der Waals surface area contributed by atoms with Crippen LogP contribution in [0.4, 0.5) is 8.78 Å². The van der Waals surface area contributed by atoms with E-state index in [-0.39, 0.29) is 24.9 Å². The summed E-state index contributed by atoms with van der Waals surface area (Å²) < 4.78 is 50.7. The molecule has 0 amide bonds. The highest BCUT2D eigenvalue weighted by Gasteiger charge is 2.22. The first-order valence-corrected chi connectivity index (χ1v) is 11.0. The summed E-state index contributed by atoms with van der Waals surface area (Å²) in [7, 11) is -3.29. The number of hydrogen-bond acceptors (Lipinski definition) is 4. The van der Waals surface area contributed by atoms with E-state index in [2.05, 4.69) is 15.6 Å². The Bertz CT molecular complexity index is 519. The smallest absolute Gasteiger partial charge is 0.251 e. The molecule has 0 saturated carbocycles. The van der Waals surface area contributed by atoms with Crippen LogP contribution in [0, 0.1) is 0 Å². The lowest BCUT2D eigenvalue weighted by molar-refractivity contribution is 0.0744. The molecule has 0 spiro atoms. The second-order valence-electron chi connectivity index (χ2n) is 6.27. The number of guanidine groups is 1. The van der Waals surface area contributed by atoms with Crippen LogP contribution in [0.15, 0.2) is 4.99 Å². The van der Waals surface area contributed by atoms with Gasteiger partial charge in [-0.05, 0) is 19.8 Å². The number of rotatable bonds is 10. The topological polar surface area (TPSA) is 77.0 Å². The molecule has 1 fully saturated rings. The van der Waals surface area contributed by atoms with Crippen LogP contribution in [-0.2, 0) is 10.0 Å². The molecule has 0 aromatic rings. The number of piperidine rings is 1. The molecule has 0 bridgehead atoms. The van der Waals surface area contributed by atoms with E-state index in [9.17, 15) is 17.2 Å². The van der Waals surface area contributed by atoms with Gasteiger partial charge < -0.3 is 10.6 Å². The van der Waals surface area contributed by atoms with Gasteiger partial charge in [0.05, 0.1) is 18.8 Å². The molecule has 0 aromatic heterocycles. The molecule has 0 atom stereocenters. The van der Waals surface area contributed by atoms with Crippen LogP contribution in [0.1, 0.15) is 33.6 Å². The SMILES string of the molecule is CCNC(=NCCS(=O)(=O)N(CC)CC)NC1CCN(CC(F)F)CC1. The monoisotopic (exact) mass is 397 g/mol. The molecule has 1 heterocycles. The van der Waals surface area contributed by atoms with E-state index in [1.54, 1.807) is 4.90 Å². The van der Waals surface area contributed by atoms with E-state index < -0.39 is 16.4 Å². The minimum atomic E-state index is -3.29. The Morgan fingerprint density at radius 1 is 1.23 bits per heavy atom. The lowest BCUT2D eigenvalue weighted by Crippen LogP contribution is -2.49. The third kappa shape index (κ3) is 8.13. The number of alkyl halides is 2. The van der Waals surface area contributed by atoms with Crippen molar-refractivity contribution in [2.45, 2.75) is 46.1 Å². The summed E-state index contributed by atoms with van der Waals surface area (Å²) in [5.41, 5.74) is 0. The normalized spacial score (nSPS) is 17.9. The Labute approximate surface area is 156 Å². The van der Waals surface area contributed by atoms with Crippen molar-refractivity contribution in [3.8, 4) is 0 Å². The second kappa shape index (κ2) is 11.7. The van der Waals surface area contributed by atoms with Gasteiger partial charge in [-0.1, -0.05) is 13.8 Å². The Kier molecular flexibility index (Phi) is 10.3. The maximum atomic E-state index is 12.4. The quantitative estimate of drug-likeness (QED) is 0.424. The standard InChI is InChI=1S/C16H33F2N5O2S/c1-4-19-16(20-9-12-26(24,25)23(5-2)6-3)21-14-7-10-22(11-8-14)13-15(17)18/h14-15H,4-13H2,1-3H3,(H2,19,20,21). The molecule has 0 radical (unpaired) electrons. The summed E-state index contributed by atoms with van der Waals surface area (Å²) >= 11 is 0. The fourth-order valence-corrected chi connectivity index (χ4v) is 4.35. The van der Waals surface area contributed by atoms with Crippen molar-refractivity contribution in [1.29, 1.82) is 0 Å². The number of halogens is 2. The predicted molar refractivity (Wildman–Crippen MR) is 101 cm³/mol. The third-order valence-electron chi connectivity index (χ3n) is 4.39. The highest BCUT2D eigenvalue weighted by atomic mass is 32.2. The van der Waals surface area contributed by atoms with Gasteiger partial charge in [0.2, 0.25) is 10.0 Å². The second-order valence-corrected chi connectivity index (χ2v) is 8.36. The van der Waals surface area contributed by atoms with Gasteiger partial charge in [-0.15, -0.1) is 0 Å². The summed E-state index contributed by atoms with van der Waals surface area (Å²) in [6, 6.07) is 0.154. The zero-order valence-corrected chi connectivity index (χ0v) is 16.9. The fraction of sp³-hybridized carbons (Fsp3) is 0.938. The summed E-state index contributed by atoms with van der Waals surface area (Å²) in [4.78, 5) is 6.13. The van der Waals surface area contributed by atoms with Crippen molar-refractivity contribution < 1.29 is 17.2 Å². The number of nitrogens with one attached hydrogen (secondary N) is 2. The van der Waals surface area contributed by atoms with E-state index in [1.165, 1.54) is 4.31 Å². The molecule has 1 aliphatic heterocycles. The Morgan fingerprint density at radius 2 is 1.85 bits per heavy atom. The molecule has 0 aromatic carbocycles. The highest BCUT2D eigenvalue weighted by molar-refractivity contribution is 7.89. The highest BCUT2D eigenvalue weighted by Crippen LogP contribution is 2.11. The minimum Gasteiger partial charge on any atom is -0.357 e. The van der Waals surface area contributed by atoms with Crippen LogP contribution in [0.5, 0.6) is 0 Å². The van der Waals surface area contributed by atoms with Crippen LogP contribution >= 0.6 is 0 Å². The molecular weight excluding hydrogens is 364 g/mol. The third-order valence-corrected chi connectivity index (χ3v) is 6.39. The molecule has 1 rings (SSSR count). The minimum absolute atomic E-state index is 0.0297. The molecule has 26 heavy (non-hydrogen) atoms. The molecule has 0 unspecified atom stereocenters. The van der Waals surface area contributed by atoms with Gasteiger partial charge in [0, 0.05) is 38.8 Å². The predicted octanol–water partition coefficient (Wildman–Crippen LogP) is 0.943. The Hall–Kier alpha value is -1.00. The first kappa shape index (κ1) is 23.0. The van der Waals surface area contributed by atoms with Crippen molar-refractivity contribution in [2.75, 3.05) is 51.6 Å². The zero-order valence-electron chi connectivity index (χ0n) is 16.0. The number of sulfonamides is 1. The summed E-state index contributed by atoms with van der Waals surface area (Å²) in [6.07, 6.45) is -0.782. The molecule has 2 N–H and O–H groups in total. The van der Waals surface area contributed by atoms with Crippen LogP contribution in [0.25, 0.3) is 0 Å². The van der Waals surface area contributed by atoms with Gasteiger partial charge in [-0.25, -0.2) is 21.5 Å². The first-order valence-electron chi connectivity index (χ1n) is 9.35. The first-order chi connectivity index (χ1) is 12.3. The maximum absolute atomic E-state index is 12.4. The molecule has 10 heteroatoms. The Morgan fingerprint density at radius 3 is 2.35 bits per heavy atom. The summed E-state index contributed by atoms with van der Waals surface area (Å²) in [5, 5.41) is 6.40. The van der Waals surface area contributed by atoms with Crippen LogP contribution in [0.3, 0.4) is 0 Å². The van der Waals surface area contributed by atoms with Gasteiger partial charge in [0.15, 0.2) is 5.96 Å². The van der Waals surface area contributed by atoms with Gasteiger partial charge in [0.1, 0.15) is 0 Å². The lowest BCUT2D eigenvalue weighted by Gasteiger charge is -2.32. The van der Waals surface area contributed by atoms with Gasteiger partial charge in [-0.2, -0.15) is 0 Å². The lowest BCUT2D eigenvalue weighted by atomic mass is 10.1. The fourth-order valence-electron chi connectivity index (χ4n) is 2.99. The van der Waals surface area contributed by atoms with E-state index in [1.807, 2.05) is 20.8 Å². The molecule has 1 saturated heterocycles. The summed E-state index contributed by atoms with van der Waals surface area (Å²) in [5.74, 6) is 0.549. The van der Waals surface area contributed by atoms with Gasteiger partial charge in [-0.3, -0.25) is 9.89 Å². The van der Waals surface area contributed by atoms with Crippen molar-refractivity contribution >= 4 is 16.0 Å². The van der Waals surface area contributed by atoms with E-state index in [4.69, 9.17) is 0 Å². The molecule has 1 aliphatic rings. The van der Waals surface area contributed by atoms with Crippen molar-refractivity contribution in [2.24, 2.45) is 4.99 Å². The molecular formula is C16H33F2N5O2S. The van der Waals surface area contributed by atoms with Gasteiger partial charge in [0.25, 0.3) is 6.43 Å². The number of aliphatic imine (C=N–C) groups is 1. The van der Waals surface area contributed by atoms with E-state index in [0.717, 1.165) is 12.8 Å². The molecule has 7 nitrogen and oxygen atoms in total. The van der Waals surface area contributed by atoms with Crippen molar-refractivity contribution in [3.63, 3.8) is 0 Å². The zero-order chi connectivity index (χ0) is 19.6. The van der Waals surface area contributed by atoms with Crippen molar-refractivity contribution in [3.05, 3.63) is 0 Å². The van der Waals surface area contributed by atoms with Crippen LogP contribution < -0.4 is 10.6 Å². The number of likely N-dealkylation sites (tertiary alicyclic amines) is 1. The van der Waals surface area contributed by atoms with Crippen LogP contribution in [0.2, 0.25) is 0 Å². The average Bonchev–Trinajstić information content (AvgIpc) is 2.57. The average molecular weight is 398 g/mol. The molecule has 0 aliphatic carbocycles. The summed E-state index contributed by atoms with van der Waals surface area (Å²) in [6.45, 7) is 8.40. The van der Waals surface area contributed by atoms with E-state index in [0.29, 0.717) is 38.7 Å². The van der Waals surface area contributed by atoms with Gasteiger partial charge >= 0.3 is 0 Å². The Balaban J connectivity index is 2.52. The maximum Gasteiger partial charge on any atom is 0.251 e.